The number of hydrogen-bond acceptors (Lipinski definition) is 7. The van der Waals surface area contributed by atoms with Gasteiger partial charge in [-0.3, -0.25) is 4.79 Å². The SMILES string of the molecule is COc1cc2c(cc1OC)/C(=C\Cc1cc(OC)c(OC)c(OC)c1)C(C)=C2CC(=O)N[C@H]1CCN(C)C1. The average molecular weight is 523 g/mol. The van der Waals surface area contributed by atoms with Crippen molar-refractivity contribution in [3.8, 4) is 28.7 Å². The number of likely N-dealkylation sites (tertiary alicyclic amines) is 1. The van der Waals surface area contributed by atoms with Crippen LogP contribution in [0.1, 0.15) is 36.5 Å². The maximum atomic E-state index is 13.1. The van der Waals surface area contributed by atoms with E-state index in [4.69, 9.17) is 23.7 Å². The van der Waals surface area contributed by atoms with Crippen LogP contribution in [0.5, 0.6) is 28.7 Å². The third-order valence-electron chi connectivity index (χ3n) is 7.36. The summed E-state index contributed by atoms with van der Waals surface area (Å²) in [6.07, 6.45) is 4.08. The predicted octanol–water partition coefficient (Wildman–Crippen LogP) is 4.35. The fraction of sp³-hybridized carbons (Fsp3) is 0.433. The molecule has 1 aliphatic carbocycles. The van der Waals surface area contributed by atoms with Crippen molar-refractivity contribution in [1.29, 1.82) is 0 Å². The average Bonchev–Trinajstić information content (AvgIpc) is 3.44. The lowest BCUT2D eigenvalue weighted by Gasteiger charge is -2.15. The molecule has 0 radical (unpaired) electrons. The van der Waals surface area contributed by atoms with Crippen molar-refractivity contribution < 1.29 is 28.5 Å². The zero-order chi connectivity index (χ0) is 27.4. The molecular formula is C30H38N2O6. The molecule has 1 heterocycles. The van der Waals surface area contributed by atoms with E-state index in [9.17, 15) is 4.79 Å². The van der Waals surface area contributed by atoms with Gasteiger partial charge in [-0.2, -0.15) is 0 Å². The van der Waals surface area contributed by atoms with Crippen molar-refractivity contribution in [3.63, 3.8) is 0 Å². The van der Waals surface area contributed by atoms with E-state index in [-0.39, 0.29) is 11.9 Å². The molecule has 0 saturated carbocycles. The summed E-state index contributed by atoms with van der Waals surface area (Å²) in [4.78, 5) is 15.3. The van der Waals surface area contributed by atoms with E-state index in [1.54, 1.807) is 35.5 Å². The Labute approximate surface area is 225 Å². The second-order valence-corrected chi connectivity index (χ2v) is 9.70. The van der Waals surface area contributed by atoms with Crippen LogP contribution in [-0.4, -0.2) is 72.5 Å². The van der Waals surface area contributed by atoms with Crippen molar-refractivity contribution in [2.24, 2.45) is 0 Å². The number of nitrogens with one attached hydrogen (secondary N) is 1. The number of fused-ring (bicyclic) bond motifs is 1. The minimum atomic E-state index is 0.0336. The van der Waals surface area contributed by atoms with Gasteiger partial charge >= 0.3 is 0 Å². The Morgan fingerprint density at radius 1 is 0.921 bits per heavy atom. The first-order chi connectivity index (χ1) is 18.3. The Morgan fingerprint density at radius 2 is 1.53 bits per heavy atom. The number of methoxy groups -OCH3 is 5. The number of amides is 1. The summed E-state index contributed by atoms with van der Waals surface area (Å²) in [6.45, 7) is 3.96. The third-order valence-corrected chi connectivity index (χ3v) is 7.36. The number of likely N-dealkylation sites (N-methyl/N-ethyl adjacent to an activating group) is 1. The van der Waals surface area contributed by atoms with Crippen LogP contribution in [0.15, 0.2) is 35.9 Å². The highest BCUT2D eigenvalue weighted by molar-refractivity contribution is 6.05. The normalized spacial score (nSPS) is 18.0. The lowest BCUT2D eigenvalue weighted by atomic mass is 9.99. The molecule has 1 amide bonds. The van der Waals surface area contributed by atoms with Crippen LogP contribution in [0.4, 0.5) is 0 Å². The molecule has 0 unspecified atom stereocenters. The Bertz CT molecular complexity index is 1240. The van der Waals surface area contributed by atoms with E-state index in [2.05, 4.69) is 30.3 Å². The molecule has 38 heavy (non-hydrogen) atoms. The molecular weight excluding hydrogens is 484 g/mol. The van der Waals surface area contributed by atoms with E-state index in [0.29, 0.717) is 41.6 Å². The molecule has 8 nitrogen and oxygen atoms in total. The zero-order valence-electron chi connectivity index (χ0n) is 23.4. The molecule has 2 aromatic carbocycles. The molecule has 1 atom stereocenters. The van der Waals surface area contributed by atoms with Crippen LogP contribution in [0.2, 0.25) is 0 Å². The molecule has 2 aromatic rings. The summed E-state index contributed by atoms with van der Waals surface area (Å²) in [7, 11) is 10.2. The van der Waals surface area contributed by atoms with Gasteiger partial charge in [0.15, 0.2) is 23.0 Å². The van der Waals surface area contributed by atoms with E-state index in [1.807, 2.05) is 24.3 Å². The Hall–Kier alpha value is -3.65. The monoisotopic (exact) mass is 522 g/mol. The zero-order valence-corrected chi connectivity index (χ0v) is 23.4. The fourth-order valence-electron chi connectivity index (χ4n) is 5.37. The summed E-state index contributed by atoms with van der Waals surface area (Å²) in [5.74, 6) is 3.11. The maximum Gasteiger partial charge on any atom is 0.224 e. The minimum Gasteiger partial charge on any atom is -0.493 e. The van der Waals surface area contributed by atoms with Gasteiger partial charge in [-0.05, 0) is 91.0 Å². The smallest absolute Gasteiger partial charge is 0.224 e. The van der Waals surface area contributed by atoms with Gasteiger partial charge in [0.05, 0.1) is 42.0 Å². The highest BCUT2D eigenvalue weighted by Crippen LogP contribution is 2.47. The molecule has 0 spiro atoms. The summed E-state index contributed by atoms with van der Waals surface area (Å²) in [5, 5.41) is 3.22. The molecule has 204 valence electrons. The lowest BCUT2D eigenvalue weighted by Crippen LogP contribution is -2.36. The molecule has 4 rings (SSSR count). The van der Waals surface area contributed by atoms with Crippen molar-refractivity contribution in [2.75, 3.05) is 55.7 Å². The molecule has 1 aliphatic heterocycles. The molecule has 8 heteroatoms. The number of nitrogens with zero attached hydrogens (tertiary/aromatic N) is 1. The summed E-state index contributed by atoms with van der Waals surface area (Å²) < 4.78 is 27.7. The predicted molar refractivity (Wildman–Crippen MR) is 149 cm³/mol. The van der Waals surface area contributed by atoms with Crippen molar-refractivity contribution in [3.05, 3.63) is 52.6 Å². The van der Waals surface area contributed by atoms with Crippen molar-refractivity contribution >= 4 is 17.1 Å². The molecule has 1 saturated heterocycles. The maximum absolute atomic E-state index is 13.1. The number of carbonyl (C=O) groups excluding carboxylic acids is 1. The Balaban J connectivity index is 1.70. The third kappa shape index (κ3) is 5.45. The number of benzene rings is 2. The number of carbonyl (C=O) groups is 1. The van der Waals surface area contributed by atoms with Crippen LogP contribution >= 0.6 is 0 Å². The number of rotatable bonds is 10. The standard InChI is InChI=1S/C30H38N2O6/c1-18-21(9-8-19-12-27(36-5)30(38-7)28(13-19)37-6)23-14-25(34-3)26(35-4)15-24(23)22(18)16-29(33)31-20-10-11-32(2)17-20/h9,12-15,20H,8,10-11,16-17H2,1-7H3,(H,31,33)/b21-9-/t20-/m0/s1. The first kappa shape index (κ1) is 27.4. The van der Waals surface area contributed by atoms with Crippen LogP contribution in [0, 0.1) is 0 Å². The fourth-order valence-corrected chi connectivity index (χ4v) is 5.37. The second-order valence-electron chi connectivity index (χ2n) is 9.70. The van der Waals surface area contributed by atoms with Gasteiger partial charge in [0.1, 0.15) is 0 Å². The highest BCUT2D eigenvalue weighted by Gasteiger charge is 2.29. The van der Waals surface area contributed by atoms with E-state index < -0.39 is 0 Å². The van der Waals surface area contributed by atoms with Gasteiger partial charge in [-0.1, -0.05) is 6.08 Å². The van der Waals surface area contributed by atoms with Crippen LogP contribution in [0.25, 0.3) is 11.1 Å². The number of allylic oxidation sites excluding steroid dienone is 3. The first-order valence-corrected chi connectivity index (χ1v) is 12.8. The molecule has 2 aliphatic rings. The van der Waals surface area contributed by atoms with Gasteiger partial charge in [0, 0.05) is 12.6 Å². The molecule has 0 aromatic heterocycles. The Kier molecular flexibility index (Phi) is 8.52. The minimum absolute atomic E-state index is 0.0336. The van der Waals surface area contributed by atoms with Gasteiger partial charge in [-0.15, -0.1) is 0 Å². The van der Waals surface area contributed by atoms with E-state index >= 15 is 0 Å². The van der Waals surface area contributed by atoms with Gasteiger partial charge in [0.2, 0.25) is 11.7 Å². The number of ether oxygens (including phenoxy) is 5. The van der Waals surface area contributed by atoms with Gasteiger partial charge in [-0.25, -0.2) is 0 Å². The van der Waals surface area contributed by atoms with Crippen LogP contribution in [-0.2, 0) is 11.2 Å². The largest absolute Gasteiger partial charge is 0.493 e. The topological polar surface area (TPSA) is 78.5 Å². The Morgan fingerprint density at radius 3 is 2.05 bits per heavy atom. The van der Waals surface area contributed by atoms with Crippen LogP contribution < -0.4 is 29.0 Å². The van der Waals surface area contributed by atoms with Gasteiger partial charge < -0.3 is 33.9 Å². The molecule has 1 N–H and O–H groups in total. The van der Waals surface area contributed by atoms with Crippen molar-refractivity contribution in [1.82, 2.24) is 10.2 Å². The summed E-state index contributed by atoms with van der Waals surface area (Å²) in [5.41, 5.74) is 6.17. The van der Waals surface area contributed by atoms with Crippen molar-refractivity contribution in [2.45, 2.75) is 32.2 Å². The lowest BCUT2D eigenvalue weighted by molar-refractivity contribution is -0.120. The van der Waals surface area contributed by atoms with E-state index in [0.717, 1.165) is 52.9 Å². The first-order valence-electron chi connectivity index (χ1n) is 12.8. The summed E-state index contributed by atoms with van der Waals surface area (Å²) >= 11 is 0. The molecule has 1 fully saturated rings. The van der Waals surface area contributed by atoms with Gasteiger partial charge in [0.25, 0.3) is 0 Å². The van der Waals surface area contributed by atoms with E-state index in [1.165, 1.54) is 0 Å². The second kappa shape index (κ2) is 11.8. The van der Waals surface area contributed by atoms with Crippen LogP contribution in [0.3, 0.4) is 0 Å². The highest BCUT2D eigenvalue weighted by atomic mass is 16.5. The number of hydrogen-bond donors (Lipinski definition) is 1. The quantitative estimate of drug-likeness (QED) is 0.497. The molecule has 0 bridgehead atoms. The summed E-state index contributed by atoms with van der Waals surface area (Å²) in [6, 6.07) is 8.07.